The Bertz CT molecular complexity index is 506. The average molecular weight is 268 g/mol. The fraction of sp³-hybridized carbons (Fsp3) is 0.0769. The Morgan fingerprint density at radius 2 is 1.53 bits per heavy atom. The van der Waals surface area contributed by atoms with E-state index in [9.17, 15) is 0 Å². The van der Waals surface area contributed by atoms with Crippen LogP contribution in [0.3, 0.4) is 0 Å². The van der Waals surface area contributed by atoms with Gasteiger partial charge in [-0.2, -0.15) is 0 Å². The van der Waals surface area contributed by atoms with Gasteiger partial charge in [0, 0.05) is 16.1 Å². The zero-order chi connectivity index (χ0) is 12.4. The van der Waals surface area contributed by atoms with Crippen molar-refractivity contribution >= 4 is 28.9 Å². The molecule has 0 amide bonds. The van der Waals surface area contributed by atoms with Crippen molar-refractivity contribution in [2.24, 2.45) is 0 Å². The van der Waals surface area contributed by atoms with Gasteiger partial charge in [-0.05, 0) is 36.8 Å². The van der Waals surface area contributed by atoms with E-state index in [1.807, 2.05) is 19.1 Å². The molecule has 0 aromatic heterocycles. The molecule has 4 heteroatoms. The number of hydrogen-bond acceptors (Lipinski definition) is 2. The molecule has 0 bridgehead atoms. The standard InChI is InChI=1S/C13H11Cl2NO/c1-8-2-3-9(14)6-12(8)17-13-7-10(15)4-5-11(13)16/h2-7H,16H2,1H3. The maximum absolute atomic E-state index is 5.92. The third kappa shape index (κ3) is 2.84. The van der Waals surface area contributed by atoms with Crippen LogP contribution < -0.4 is 10.5 Å². The zero-order valence-corrected chi connectivity index (χ0v) is 10.7. The van der Waals surface area contributed by atoms with Crippen LogP contribution in [0.1, 0.15) is 5.56 Å². The highest BCUT2D eigenvalue weighted by atomic mass is 35.5. The van der Waals surface area contributed by atoms with Crippen LogP contribution in [-0.2, 0) is 0 Å². The largest absolute Gasteiger partial charge is 0.455 e. The number of ether oxygens (including phenoxy) is 1. The summed E-state index contributed by atoms with van der Waals surface area (Å²) in [5, 5.41) is 1.19. The molecule has 0 heterocycles. The minimum Gasteiger partial charge on any atom is -0.455 e. The molecule has 2 aromatic rings. The second kappa shape index (κ2) is 4.86. The Balaban J connectivity index is 2.37. The molecule has 17 heavy (non-hydrogen) atoms. The molecule has 0 spiro atoms. The maximum Gasteiger partial charge on any atom is 0.151 e. The Morgan fingerprint density at radius 3 is 2.24 bits per heavy atom. The van der Waals surface area contributed by atoms with Gasteiger partial charge in [-0.25, -0.2) is 0 Å². The third-order valence-corrected chi connectivity index (χ3v) is 2.82. The van der Waals surface area contributed by atoms with E-state index in [-0.39, 0.29) is 0 Å². The van der Waals surface area contributed by atoms with Crippen molar-refractivity contribution in [3.8, 4) is 11.5 Å². The molecule has 2 nitrogen and oxygen atoms in total. The number of benzene rings is 2. The fourth-order valence-corrected chi connectivity index (χ4v) is 1.72. The SMILES string of the molecule is Cc1ccc(Cl)cc1Oc1cc(Cl)ccc1N. The summed E-state index contributed by atoms with van der Waals surface area (Å²) < 4.78 is 5.71. The molecule has 0 saturated heterocycles. The Labute approximate surface area is 110 Å². The number of halogens is 2. The highest BCUT2D eigenvalue weighted by molar-refractivity contribution is 6.31. The van der Waals surface area contributed by atoms with Gasteiger partial charge in [-0.3, -0.25) is 0 Å². The number of anilines is 1. The normalized spacial score (nSPS) is 10.3. The van der Waals surface area contributed by atoms with Crippen LogP contribution in [-0.4, -0.2) is 0 Å². The minimum absolute atomic E-state index is 0.530. The van der Waals surface area contributed by atoms with Gasteiger partial charge in [0.05, 0.1) is 5.69 Å². The van der Waals surface area contributed by atoms with Crippen molar-refractivity contribution in [1.82, 2.24) is 0 Å². The molecule has 0 aliphatic carbocycles. The van der Waals surface area contributed by atoms with E-state index in [0.29, 0.717) is 27.2 Å². The average Bonchev–Trinajstić information content (AvgIpc) is 2.28. The van der Waals surface area contributed by atoms with Crippen molar-refractivity contribution in [3.05, 3.63) is 52.0 Å². The van der Waals surface area contributed by atoms with Crippen molar-refractivity contribution in [2.75, 3.05) is 5.73 Å². The van der Waals surface area contributed by atoms with Crippen LogP contribution in [0.25, 0.3) is 0 Å². The lowest BCUT2D eigenvalue weighted by Crippen LogP contribution is -1.93. The van der Waals surface area contributed by atoms with Crippen LogP contribution in [0.4, 0.5) is 5.69 Å². The molecule has 88 valence electrons. The fourth-order valence-electron chi connectivity index (χ4n) is 1.40. The highest BCUT2D eigenvalue weighted by Crippen LogP contribution is 2.33. The molecule has 2 aromatic carbocycles. The maximum atomic E-state index is 5.92. The molecule has 0 unspecified atom stereocenters. The first kappa shape index (κ1) is 12.1. The number of aryl methyl sites for hydroxylation is 1. The van der Waals surface area contributed by atoms with Gasteiger partial charge in [0.2, 0.25) is 0 Å². The van der Waals surface area contributed by atoms with Gasteiger partial charge in [0.25, 0.3) is 0 Å². The number of rotatable bonds is 2. The highest BCUT2D eigenvalue weighted by Gasteiger charge is 2.06. The first-order valence-corrected chi connectivity index (χ1v) is 5.81. The van der Waals surface area contributed by atoms with Gasteiger partial charge in [-0.15, -0.1) is 0 Å². The van der Waals surface area contributed by atoms with E-state index in [1.165, 1.54) is 0 Å². The first-order valence-electron chi connectivity index (χ1n) is 5.05. The van der Waals surface area contributed by atoms with Crippen LogP contribution >= 0.6 is 23.2 Å². The summed E-state index contributed by atoms with van der Waals surface area (Å²) in [7, 11) is 0. The van der Waals surface area contributed by atoms with Crippen molar-refractivity contribution in [2.45, 2.75) is 6.92 Å². The summed E-state index contributed by atoms with van der Waals surface area (Å²) >= 11 is 11.8. The number of nitrogens with two attached hydrogens (primary N) is 1. The van der Waals surface area contributed by atoms with Crippen molar-refractivity contribution in [1.29, 1.82) is 0 Å². The molecule has 0 aliphatic rings. The molecular weight excluding hydrogens is 257 g/mol. The Hall–Kier alpha value is -1.38. The van der Waals surface area contributed by atoms with E-state index in [1.54, 1.807) is 24.3 Å². The molecule has 0 aliphatic heterocycles. The Kier molecular flexibility index (Phi) is 3.46. The minimum atomic E-state index is 0.530. The molecule has 2 rings (SSSR count). The molecular formula is C13H11Cl2NO. The summed E-state index contributed by atoms with van der Waals surface area (Å²) in [5.41, 5.74) is 7.33. The summed E-state index contributed by atoms with van der Waals surface area (Å²) in [6, 6.07) is 10.5. The third-order valence-electron chi connectivity index (χ3n) is 2.35. The van der Waals surface area contributed by atoms with Crippen LogP contribution in [0.2, 0.25) is 10.0 Å². The predicted octanol–water partition coefficient (Wildman–Crippen LogP) is 4.68. The molecule has 0 radical (unpaired) electrons. The van der Waals surface area contributed by atoms with E-state index in [2.05, 4.69) is 0 Å². The molecule has 0 saturated carbocycles. The second-order valence-corrected chi connectivity index (χ2v) is 4.57. The van der Waals surface area contributed by atoms with E-state index < -0.39 is 0 Å². The van der Waals surface area contributed by atoms with Gasteiger partial charge in [-0.1, -0.05) is 29.3 Å². The van der Waals surface area contributed by atoms with E-state index >= 15 is 0 Å². The van der Waals surface area contributed by atoms with Crippen LogP contribution in [0.5, 0.6) is 11.5 Å². The monoisotopic (exact) mass is 267 g/mol. The summed E-state index contributed by atoms with van der Waals surface area (Å²) in [6.45, 7) is 1.94. The van der Waals surface area contributed by atoms with Crippen molar-refractivity contribution < 1.29 is 4.74 Å². The smallest absolute Gasteiger partial charge is 0.151 e. The lowest BCUT2D eigenvalue weighted by Gasteiger charge is -2.11. The number of hydrogen-bond donors (Lipinski definition) is 1. The topological polar surface area (TPSA) is 35.2 Å². The molecule has 0 fully saturated rings. The number of nitrogen functional groups attached to an aromatic ring is 1. The summed E-state index contributed by atoms with van der Waals surface area (Å²) in [5.74, 6) is 1.20. The van der Waals surface area contributed by atoms with E-state index in [4.69, 9.17) is 33.7 Å². The lowest BCUT2D eigenvalue weighted by molar-refractivity contribution is 0.481. The quantitative estimate of drug-likeness (QED) is 0.803. The predicted molar refractivity (Wildman–Crippen MR) is 72.1 cm³/mol. The van der Waals surface area contributed by atoms with Crippen LogP contribution in [0, 0.1) is 6.92 Å². The van der Waals surface area contributed by atoms with E-state index in [0.717, 1.165) is 5.56 Å². The van der Waals surface area contributed by atoms with Gasteiger partial charge in [0.15, 0.2) is 5.75 Å². The van der Waals surface area contributed by atoms with Gasteiger partial charge in [0.1, 0.15) is 5.75 Å². The van der Waals surface area contributed by atoms with Gasteiger partial charge < -0.3 is 10.5 Å². The lowest BCUT2D eigenvalue weighted by atomic mass is 10.2. The Morgan fingerprint density at radius 1 is 0.941 bits per heavy atom. The summed E-state index contributed by atoms with van der Waals surface area (Å²) in [6.07, 6.45) is 0. The second-order valence-electron chi connectivity index (χ2n) is 3.69. The van der Waals surface area contributed by atoms with Crippen molar-refractivity contribution in [3.63, 3.8) is 0 Å². The first-order chi connectivity index (χ1) is 8.06. The zero-order valence-electron chi connectivity index (χ0n) is 9.21. The van der Waals surface area contributed by atoms with Crippen LogP contribution in [0.15, 0.2) is 36.4 Å². The summed E-state index contributed by atoms with van der Waals surface area (Å²) in [4.78, 5) is 0. The molecule has 0 atom stereocenters. The molecule has 2 N–H and O–H groups in total. The van der Waals surface area contributed by atoms with Gasteiger partial charge >= 0.3 is 0 Å².